The van der Waals surface area contributed by atoms with Crippen molar-refractivity contribution in [2.45, 2.75) is 24.2 Å². The lowest BCUT2D eigenvalue weighted by atomic mass is 10.1. The molecule has 5 nitrogen and oxygen atoms in total. The zero-order valence-corrected chi connectivity index (χ0v) is 17.3. The Morgan fingerprint density at radius 2 is 1.72 bits per heavy atom. The van der Waals surface area contributed by atoms with E-state index in [4.69, 9.17) is 11.6 Å². The summed E-state index contributed by atoms with van der Waals surface area (Å²) in [6.45, 7) is 0.813. The molecule has 3 aromatic carbocycles. The Hall–Kier alpha value is -2.57. The quantitative estimate of drug-likeness (QED) is 0.615. The molecule has 0 saturated carbocycles. The van der Waals surface area contributed by atoms with Crippen molar-refractivity contribution in [3.05, 3.63) is 71.2 Å². The van der Waals surface area contributed by atoms with Gasteiger partial charge in [-0.2, -0.15) is 0 Å². The third-order valence-corrected chi connectivity index (χ3v) is 7.20. The summed E-state index contributed by atoms with van der Waals surface area (Å²) in [6.07, 6.45) is 1.45. The number of sulfonamides is 1. The van der Waals surface area contributed by atoms with Crippen LogP contribution < -0.4 is 9.62 Å². The first-order valence-electron chi connectivity index (χ1n) is 9.52. The van der Waals surface area contributed by atoms with Gasteiger partial charge in [0.05, 0.1) is 10.6 Å². The molecule has 1 amide bonds. The van der Waals surface area contributed by atoms with Crippen LogP contribution in [0.4, 0.5) is 5.69 Å². The number of amides is 1. The Balaban J connectivity index is 1.32. The standard InChI is InChI=1S/C22H21ClN2O3S/c23-18-11-9-16(10-12-18)13-14-24-21(26)8-3-15-25-19-6-1-4-17-5-2-7-20(22(17)19)29(25,27)28/h1-2,4-7,9-12H,3,8,13-15H2,(H,24,26). The molecule has 7 heteroatoms. The number of hydrogen-bond acceptors (Lipinski definition) is 3. The van der Waals surface area contributed by atoms with Gasteiger partial charge in [0.15, 0.2) is 0 Å². The first-order chi connectivity index (χ1) is 14.0. The van der Waals surface area contributed by atoms with Gasteiger partial charge in [0, 0.05) is 29.9 Å². The highest BCUT2D eigenvalue weighted by Crippen LogP contribution is 2.41. The summed E-state index contributed by atoms with van der Waals surface area (Å²) in [5, 5.41) is 5.25. The molecule has 0 atom stereocenters. The van der Waals surface area contributed by atoms with E-state index in [1.54, 1.807) is 12.1 Å². The van der Waals surface area contributed by atoms with Gasteiger partial charge in [-0.25, -0.2) is 8.42 Å². The molecule has 150 valence electrons. The van der Waals surface area contributed by atoms with E-state index in [-0.39, 0.29) is 18.9 Å². The van der Waals surface area contributed by atoms with Crippen LogP contribution in [0.25, 0.3) is 10.8 Å². The van der Waals surface area contributed by atoms with Crippen molar-refractivity contribution in [2.75, 3.05) is 17.4 Å². The fourth-order valence-corrected chi connectivity index (χ4v) is 5.54. The summed E-state index contributed by atoms with van der Waals surface area (Å²) >= 11 is 5.87. The summed E-state index contributed by atoms with van der Waals surface area (Å²) in [4.78, 5) is 12.5. The number of nitrogens with zero attached hydrogens (tertiary/aromatic N) is 1. The van der Waals surface area contributed by atoms with Gasteiger partial charge < -0.3 is 5.32 Å². The molecule has 4 rings (SSSR count). The van der Waals surface area contributed by atoms with Crippen molar-refractivity contribution in [3.8, 4) is 0 Å². The van der Waals surface area contributed by atoms with Crippen LogP contribution in [0.15, 0.2) is 65.6 Å². The van der Waals surface area contributed by atoms with Crippen molar-refractivity contribution in [1.29, 1.82) is 0 Å². The summed E-state index contributed by atoms with van der Waals surface area (Å²) in [6, 6.07) is 18.4. The number of nitrogens with one attached hydrogen (secondary N) is 1. The molecule has 0 fully saturated rings. The minimum absolute atomic E-state index is 0.0775. The van der Waals surface area contributed by atoms with Crippen LogP contribution >= 0.6 is 11.6 Å². The maximum absolute atomic E-state index is 12.9. The van der Waals surface area contributed by atoms with Gasteiger partial charge in [-0.05, 0) is 48.1 Å². The summed E-state index contributed by atoms with van der Waals surface area (Å²) in [5.41, 5.74) is 1.80. The minimum Gasteiger partial charge on any atom is -0.356 e. The highest BCUT2D eigenvalue weighted by Gasteiger charge is 2.34. The van der Waals surface area contributed by atoms with Crippen molar-refractivity contribution in [3.63, 3.8) is 0 Å². The average molecular weight is 429 g/mol. The largest absolute Gasteiger partial charge is 0.356 e. The van der Waals surface area contributed by atoms with E-state index >= 15 is 0 Å². The van der Waals surface area contributed by atoms with Crippen LogP contribution in [-0.4, -0.2) is 27.4 Å². The van der Waals surface area contributed by atoms with Crippen LogP contribution in [0.5, 0.6) is 0 Å². The zero-order chi connectivity index (χ0) is 20.4. The van der Waals surface area contributed by atoms with Gasteiger partial charge in [-0.3, -0.25) is 9.10 Å². The number of rotatable bonds is 7. The molecule has 1 N–H and O–H groups in total. The molecule has 29 heavy (non-hydrogen) atoms. The molecule has 0 spiro atoms. The number of halogens is 1. The molecular formula is C22H21ClN2O3S. The fraction of sp³-hybridized carbons (Fsp3) is 0.227. The molecule has 0 bridgehead atoms. The summed E-state index contributed by atoms with van der Waals surface area (Å²) < 4.78 is 27.2. The predicted octanol–water partition coefficient (Wildman–Crippen LogP) is 4.14. The van der Waals surface area contributed by atoms with Gasteiger partial charge >= 0.3 is 0 Å². The highest BCUT2D eigenvalue weighted by molar-refractivity contribution is 7.93. The van der Waals surface area contributed by atoms with Gasteiger partial charge in [0.25, 0.3) is 10.0 Å². The second kappa shape index (κ2) is 8.05. The van der Waals surface area contributed by atoms with E-state index in [2.05, 4.69) is 5.32 Å². The Labute approximate surface area is 175 Å². The first-order valence-corrected chi connectivity index (χ1v) is 11.3. The van der Waals surface area contributed by atoms with Crippen LogP contribution in [0.1, 0.15) is 18.4 Å². The maximum atomic E-state index is 12.9. The summed E-state index contributed by atoms with van der Waals surface area (Å²) in [5.74, 6) is -0.0775. The smallest absolute Gasteiger partial charge is 0.265 e. The number of carbonyl (C=O) groups is 1. The Morgan fingerprint density at radius 1 is 1.00 bits per heavy atom. The first kappa shape index (κ1) is 19.7. The minimum atomic E-state index is -3.56. The van der Waals surface area contributed by atoms with Gasteiger partial charge in [-0.15, -0.1) is 0 Å². The summed E-state index contributed by atoms with van der Waals surface area (Å²) in [7, 11) is -3.56. The SMILES string of the molecule is O=C(CCCN1c2cccc3cccc(c23)S1(=O)=O)NCCc1ccc(Cl)cc1. The van der Waals surface area contributed by atoms with Crippen LogP contribution in [-0.2, 0) is 21.2 Å². The van der Waals surface area contributed by atoms with Gasteiger partial charge in [0.1, 0.15) is 0 Å². The lowest BCUT2D eigenvalue weighted by molar-refractivity contribution is -0.121. The molecule has 1 aliphatic rings. The van der Waals surface area contributed by atoms with Crippen molar-refractivity contribution < 1.29 is 13.2 Å². The van der Waals surface area contributed by atoms with E-state index in [1.807, 2.05) is 48.5 Å². The highest BCUT2D eigenvalue weighted by atomic mass is 35.5. The predicted molar refractivity (Wildman–Crippen MR) is 116 cm³/mol. The molecule has 1 aliphatic heterocycles. The van der Waals surface area contributed by atoms with E-state index in [9.17, 15) is 13.2 Å². The third-order valence-electron chi connectivity index (χ3n) is 5.10. The maximum Gasteiger partial charge on any atom is 0.265 e. The Morgan fingerprint density at radius 3 is 2.48 bits per heavy atom. The zero-order valence-electron chi connectivity index (χ0n) is 15.8. The second-order valence-electron chi connectivity index (χ2n) is 7.04. The van der Waals surface area contributed by atoms with Crippen molar-refractivity contribution in [2.24, 2.45) is 0 Å². The molecule has 1 heterocycles. The molecule has 0 radical (unpaired) electrons. The lowest BCUT2D eigenvalue weighted by Gasteiger charge is -2.18. The fourth-order valence-electron chi connectivity index (χ4n) is 3.67. The van der Waals surface area contributed by atoms with E-state index in [1.165, 1.54) is 4.31 Å². The van der Waals surface area contributed by atoms with Crippen LogP contribution in [0.2, 0.25) is 5.02 Å². The second-order valence-corrected chi connectivity index (χ2v) is 9.31. The topological polar surface area (TPSA) is 66.5 Å². The van der Waals surface area contributed by atoms with E-state index < -0.39 is 10.0 Å². The lowest BCUT2D eigenvalue weighted by Crippen LogP contribution is -2.30. The molecular weight excluding hydrogens is 408 g/mol. The normalized spacial score (nSPS) is 14.3. The molecule has 0 saturated heterocycles. The van der Waals surface area contributed by atoms with Crippen LogP contribution in [0.3, 0.4) is 0 Å². The Bertz CT molecular complexity index is 1160. The average Bonchev–Trinajstić information content (AvgIpc) is 2.93. The van der Waals surface area contributed by atoms with E-state index in [0.29, 0.717) is 28.6 Å². The van der Waals surface area contributed by atoms with Gasteiger partial charge in [0.2, 0.25) is 5.91 Å². The molecule has 3 aromatic rings. The molecule has 0 aromatic heterocycles. The number of benzene rings is 3. The molecule has 0 aliphatic carbocycles. The third kappa shape index (κ3) is 3.95. The van der Waals surface area contributed by atoms with Gasteiger partial charge in [-0.1, -0.05) is 48.0 Å². The number of anilines is 1. The van der Waals surface area contributed by atoms with Crippen molar-refractivity contribution >= 4 is 44.0 Å². The monoisotopic (exact) mass is 428 g/mol. The van der Waals surface area contributed by atoms with Crippen LogP contribution in [0, 0.1) is 0 Å². The van der Waals surface area contributed by atoms with E-state index in [0.717, 1.165) is 22.8 Å². The number of hydrogen-bond donors (Lipinski definition) is 1. The number of carbonyl (C=O) groups excluding carboxylic acids is 1. The Kier molecular flexibility index (Phi) is 5.48. The van der Waals surface area contributed by atoms with Crippen molar-refractivity contribution in [1.82, 2.24) is 5.32 Å². The molecule has 0 unspecified atom stereocenters.